The standard InChI is InChI=1S/C12H9BrN2O2/c13-10-2-1-3-11(15-10)17-9-6-4-8(5-7-9)12(14)16/h1-7H,(H2,14,16). The third kappa shape index (κ3) is 3.04. The zero-order valence-corrected chi connectivity index (χ0v) is 10.3. The number of aromatic nitrogens is 1. The van der Waals surface area contributed by atoms with Gasteiger partial charge < -0.3 is 10.5 Å². The molecule has 0 saturated heterocycles. The van der Waals surface area contributed by atoms with Gasteiger partial charge in [0.2, 0.25) is 11.8 Å². The third-order valence-corrected chi connectivity index (χ3v) is 2.49. The molecule has 1 amide bonds. The largest absolute Gasteiger partial charge is 0.439 e. The number of nitrogens with zero attached hydrogens (tertiary/aromatic N) is 1. The summed E-state index contributed by atoms with van der Waals surface area (Å²) < 4.78 is 6.20. The second-order valence-electron chi connectivity index (χ2n) is 3.29. The van der Waals surface area contributed by atoms with Crippen LogP contribution in [0.25, 0.3) is 0 Å². The summed E-state index contributed by atoms with van der Waals surface area (Å²) in [4.78, 5) is 15.0. The topological polar surface area (TPSA) is 65.2 Å². The van der Waals surface area contributed by atoms with Gasteiger partial charge in [-0.2, -0.15) is 0 Å². The first kappa shape index (κ1) is 11.6. The molecule has 4 nitrogen and oxygen atoms in total. The molecule has 2 N–H and O–H groups in total. The molecule has 0 aliphatic heterocycles. The quantitative estimate of drug-likeness (QED) is 0.885. The van der Waals surface area contributed by atoms with Gasteiger partial charge in [0.15, 0.2) is 0 Å². The molecule has 17 heavy (non-hydrogen) atoms. The van der Waals surface area contributed by atoms with Gasteiger partial charge in [-0.15, -0.1) is 0 Å². The van der Waals surface area contributed by atoms with E-state index in [9.17, 15) is 4.79 Å². The second-order valence-corrected chi connectivity index (χ2v) is 4.10. The summed E-state index contributed by atoms with van der Waals surface area (Å²) in [5.74, 6) is 0.615. The first-order valence-electron chi connectivity index (χ1n) is 4.85. The Kier molecular flexibility index (Phi) is 3.39. The highest BCUT2D eigenvalue weighted by Crippen LogP contribution is 2.21. The Morgan fingerprint density at radius 3 is 2.47 bits per heavy atom. The van der Waals surface area contributed by atoms with Crippen molar-refractivity contribution in [1.82, 2.24) is 4.98 Å². The highest BCUT2D eigenvalue weighted by molar-refractivity contribution is 9.10. The maximum atomic E-state index is 10.9. The first-order chi connectivity index (χ1) is 8.15. The fourth-order valence-corrected chi connectivity index (χ4v) is 1.58. The SMILES string of the molecule is NC(=O)c1ccc(Oc2cccc(Br)n2)cc1. The highest BCUT2D eigenvalue weighted by atomic mass is 79.9. The number of pyridine rings is 1. The fourth-order valence-electron chi connectivity index (χ4n) is 1.25. The minimum atomic E-state index is -0.461. The van der Waals surface area contributed by atoms with E-state index in [0.717, 1.165) is 0 Å². The van der Waals surface area contributed by atoms with Crippen LogP contribution in [0.5, 0.6) is 11.6 Å². The molecule has 2 rings (SSSR count). The van der Waals surface area contributed by atoms with E-state index in [1.165, 1.54) is 0 Å². The zero-order chi connectivity index (χ0) is 12.3. The first-order valence-corrected chi connectivity index (χ1v) is 5.65. The Morgan fingerprint density at radius 1 is 1.18 bits per heavy atom. The number of carbonyl (C=O) groups is 1. The maximum absolute atomic E-state index is 10.9. The lowest BCUT2D eigenvalue weighted by Crippen LogP contribution is -2.10. The highest BCUT2D eigenvalue weighted by Gasteiger charge is 2.02. The van der Waals surface area contributed by atoms with Gasteiger partial charge in [0.05, 0.1) is 0 Å². The molecule has 86 valence electrons. The Balaban J connectivity index is 2.16. The lowest BCUT2D eigenvalue weighted by Gasteiger charge is -2.05. The lowest BCUT2D eigenvalue weighted by molar-refractivity contribution is 0.100. The van der Waals surface area contributed by atoms with E-state index in [1.807, 2.05) is 12.1 Å². The number of rotatable bonds is 3. The predicted octanol–water partition coefficient (Wildman–Crippen LogP) is 2.74. The summed E-state index contributed by atoms with van der Waals surface area (Å²) in [6, 6.07) is 11.9. The van der Waals surface area contributed by atoms with E-state index in [2.05, 4.69) is 20.9 Å². The van der Waals surface area contributed by atoms with Crippen LogP contribution in [0.3, 0.4) is 0 Å². The lowest BCUT2D eigenvalue weighted by atomic mass is 10.2. The van der Waals surface area contributed by atoms with Crippen LogP contribution < -0.4 is 10.5 Å². The summed E-state index contributed by atoms with van der Waals surface area (Å²) in [5, 5.41) is 0. The number of amides is 1. The summed E-state index contributed by atoms with van der Waals surface area (Å²) in [5.41, 5.74) is 5.58. The number of nitrogens with two attached hydrogens (primary N) is 1. The van der Waals surface area contributed by atoms with Crippen LogP contribution in [0, 0.1) is 0 Å². The molecule has 2 aromatic rings. The van der Waals surface area contributed by atoms with Crippen molar-refractivity contribution in [3.05, 3.63) is 52.6 Å². The summed E-state index contributed by atoms with van der Waals surface area (Å²) >= 11 is 3.25. The van der Waals surface area contributed by atoms with Gasteiger partial charge in [-0.05, 0) is 46.3 Å². The van der Waals surface area contributed by atoms with Crippen LogP contribution in [-0.2, 0) is 0 Å². The molecule has 1 aromatic carbocycles. The van der Waals surface area contributed by atoms with Gasteiger partial charge in [0, 0.05) is 11.6 Å². The van der Waals surface area contributed by atoms with Crippen molar-refractivity contribution in [2.75, 3.05) is 0 Å². The summed E-state index contributed by atoms with van der Waals surface area (Å²) in [6.45, 7) is 0. The Bertz CT molecular complexity index is 540. The predicted molar refractivity (Wildman–Crippen MR) is 67.0 cm³/mol. The monoisotopic (exact) mass is 292 g/mol. The molecular weight excluding hydrogens is 284 g/mol. The normalized spacial score (nSPS) is 9.94. The van der Waals surface area contributed by atoms with Gasteiger partial charge in [-0.25, -0.2) is 4.98 Å². The van der Waals surface area contributed by atoms with Crippen LogP contribution in [-0.4, -0.2) is 10.9 Å². The number of hydrogen-bond donors (Lipinski definition) is 1. The van der Waals surface area contributed by atoms with E-state index >= 15 is 0 Å². The summed E-state index contributed by atoms with van der Waals surface area (Å²) in [7, 11) is 0. The number of halogens is 1. The van der Waals surface area contributed by atoms with Crippen LogP contribution >= 0.6 is 15.9 Å². The molecule has 5 heteroatoms. The van der Waals surface area contributed by atoms with Crippen molar-refractivity contribution in [2.24, 2.45) is 5.73 Å². The Labute approximate surface area is 107 Å². The second kappa shape index (κ2) is 4.97. The van der Waals surface area contributed by atoms with Crippen molar-refractivity contribution in [3.63, 3.8) is 0 Å². The molecule has 0 aliphatic rings. The van der Waals surface area contributed by atoms with E-state index in [1.54, 1.807) is 30.3 Å². The number of ether oxygens (including phenoxy) is 1. The fraction of sp³-hybridized carbons (Fsp3) is 0. The van der Waals surface area contributed by atoms with Crippen molar-refractivity contribution in [1.29, 1.82) is 0 Å². The minimum absolute atomic E-state index is 0.444. The van der Waals surface area contributed by atoms with Crippen molar-refractivity contribution < 1.29 is 9.53 Å². The van der Waals surface area contributed by atoms with Crippen LogP contribution in [0.4, 0.5) is 0 Å². The molecule has 1 heterocycles. The van der Waals surface area contributed by atoms with E-state index in [4.69, 9.17) is 10.5 Å². The van der Waals surface area contributed by atoms with Gasteiger partial charge in [-0.1, -0.05) is 6.07 Å². The third-order valence-electron chi connectivity index (χ3n) is 2.05. The van der Waals surface area contributed by atoms with Gasteiger partial charge in [0.1, 0.15) is 10.4 Å². The number of primary amides is 1. The number of hydrogen-bond acceptors (Lipinski definition) is 3. The van der Waals surface area contributed by atoms with Crippen LogP contribution in [0.2, 0.25) is 0 Å². The summed E-state index contributed by atoms with van der Waals surface area (Å²) in [6.07, 6.45) is 0. The molecule has 0 radical (unpaired) electrons. The van der Waals surface area contributed by atoms with E-state index in [0.29, 0.717) is 21.8 Å². The Hall–Kier alpha value is -1.88. The van der Waals surface area contributed by atoms with Gasteiger partial charge in [-0.3, -0.25) is 4.79 Å². The van der Waals surface area contributed by atoms with Crippen molar-refractivity contribution >= 4 is 21.8 Å². The van der Waals surface area contributed by atoms with Gasteiger partial charge >= 0.3 is 0 Å². The molecular formula is C12H9BrN2O2. The molecule has 0 fully saturated rings. The average Bonchev–Trinajstić information content (AvgIpc) is 2.29. The molecule has 0 unspecified atom stereocenters. The molecule has 0 saturated carbocycles. The molecule has 0 aliphatic carbocycles. The minimum Gasteiger partial charge on any atom is -0.439 e. The molecule has 0 spiro atoms. The van der Waals surface area contributed by atoms with Gasteiger partial charge in [0.25, 0.3) is 0 Å². The van der Waals surface area contributed by atoms with E-state index < -0.39 is 5.91 Å². The van der Waals surface area contributed by atoms with Crippen molar-refractivity contribution in [2.45, 2.75) is 0 Å². The molecule has 1 aromatic heterocycles. The van der Waals surface area contributed by atoms with Crippen molar-refractivity contribution in [3.8, 4) is 11.6 Å². The van der Waals surface area contributed by atoms with E-state index in [-0.39, 0.29) is 0 Å². The number of carbonyl (C=O) groups excluding carboxylic acids is 1. The smallest absolute Gasteiger partial charge is 0.248 e. The van der Waals surface area contributed by atoms with Crippen LogP contribution in [0.1, 0.15) is 10.4 Å². The maximum Gasteiger partial charge on any atom is 0.248 e. The Morgan fingerprint density at radius 2 is 1.88 bits per heavy atom. The molecule has 0 atom stereocenters. The average molecular weight is 293 g/mol. The van der Waals surface area contributed by atoms with Crippen LogP contribution in [0.15, 0.2) is 47.1 Å². The molecule has 0 bridgehead atoms. The number of benzene rings is 1. The zero-order valence-electron chi connectivity index (χ0n) is 8.76.